The van der Waals surface area contributed by atoms with Crippen molar-refractivity contribution in [2.24, 2.45) is 5.92 Å². The summed E-state index contributed by atoms with van der Waals surface area (Å²) in [6.45, 7) is 5.69. The molecule has 0 heterocycles. The predicted molar refractivity (Wildman–Crippen MR) is 41.9 cm³/mol. The molecule has 0 aromatic heterocycles. The molecule has 0 amide bonds. The van der Waals surface area contributed by atoms with E-state index in [0.29, 0.717) is 6.42 Å². The average Bonchev–Trinajstić information content (AvgIpc) is 1.91. The second kappa shape index (κ2) is 11.2. The van der Waals surface area contributed by atoms with Crippen LogP contribution in [0.4, 0.5) is 0 Å². The fraction of sp³-hybridized carbons (Fsp3) is 0.750. The van der Waals surface area contributed by atoms with E-state index in [1.807, 2.05) is 20.8 Å². The molecule has 0 aliphatic rings. The fourth-order valence-corrected chi connectivity index (χ4v) is 0.118. The number of rotatable bonds is 3. The van der Waals surface area contributed by atoms with Crippen LogP contribution in [-0.2, 0) is 9.59 Å². The maximum absolute atomic E-state index is 9.50. The number of hydrogen-bond donors (Lipinski definition) is 0. The molecule has 0 radical (unpaired) electrons. The lowest BCUT2D eigenvalue weighted by atomic mass is 10.3. The van der Waals surface area contributed by atoms with Crippen LogP contribution in [0, 0.1) is 5.92 Å². The summed E-state index contributed by atoms with van der Waals surface area (Å²) in [6.07, 6.45) is 3.53. The van der Waals surface area contributed by atoms with E-state index in [0.717, 1.165) is 19.0 Å². The molecule has 0 spiro atoms. The summed E-state index contributed by atoms with van der Waals surface area (Å²) in [4.78, 5) is 18.9. The van der Waals surface area contributed by atoms with Gasteiger partial charge < -0.3 is 9.59 Å². The molecule has 60 valence electrons. The third kappa shape index (κ3) is 26.4. The van der Waals surface area contributed by atoms with Crippen molar-refractivity contribution in [1.82, 2.24) is 0 Å². The highest BCUT2D eigenvalue weighted by atomic mass is 16.1. The molecule has 0 unspecified atom stereocenters. The summed E-state index contributed by atoms with van der Waals surface area (Å²) < 4.78 is 0. The van der Waals surface area contributed by atoms with Crippen LogP contribution < -0.4 is 0 Å². The number of hydrogen-bond acceptors (Lipinski definition) is 2. The summed E-state index contributed by atoms with van der Waals surface area (Å²) in [7, 11) is 0. The molecule has 0 fully saturated rings. The minimum Gasteiger partial charge on any atom is -0.303 e. The van der Waals surface area contributed by atoms with Crippen LogP contribution in [0.2, 0.25) is 0 Å². The van der Waals surface area contributed by atoms with Gasteiger partial charge in [-0.1, -0.05) is 20.8 Å². The largest absolute Gasteiger partial charge is 0.303 e. The summed E-state index contributed by atoms with van der Waals surface area (Å²) in [5.41, 5.74) is 0. The van der Waals surface area contributed by atoms with Gasteiger partial charge in [0, 0.05) is 12.3 Å². The van der Waals surface area contributed by atoms with Gasteiger partial charge in [-0.25, -0.2) is 0 Å². The van der Waals surface area contributed by atoms with Crippen molar-refractivity contribution in [2.45, 2.75) is 33.6 Å². The van der Waals surface area contributed by atoms with E-state index in [1.165, 1.54) is 0 Å². The normalized spacial score (nSPS) is 8.00. The average molecular weight is 144 g/mol. The number of aldehydes is 2. The van der Waals surface area contributed by atoms with Crippen molar-refractivity contribution >= 4 is 12.6 Å². The maximum atomic E-state index is 9.50. The van der Waals surface area contributed by atoms with Gasteiger partial charge in [0.05, 0.1) is 0 Å². The molecule has 0 aromatic rings. The molecule has 0 bridgehead atoms. The first-order chi connectivity index (χ1) is 4.68. The van der Waals surface area contributed by atoms with Crippen molar-refractivity contribution in [3.63, 3.8) is 0 Å². The first kappa shape index (κ1) is 12.1. The molecule has 0 aliphatic carbocycles. The zero-order chi connectivity index (χ0) is 8.41. The van der Waals surface area contributed by atoms with Crippen LogP contribution in [0.3, 0.4) is 0 Å². The van der Waals surface area contributed by atoms with Crippen molar-refractivity contribution in [2.75, 3.05) is 0 Å². The molecular formula is C8H16O2. The van der Waals surface area contributed by atoms with Crippen molar-refractivity contribution in [1.29, 1.82) is 0 Å². The third-order valence-corrected chi connectivity index (χ3v) is 0.679. The van der Waals surface area contributed by atoms with Crippen molar-refractivity contribution < 1.29 is 9.59 Å². The highest BCUT2D eigenvalue weighted by molar-refractivity contribution is 5.51. The Kier molecular flexibility index (Phi) is 13.5. The molecule has 2 heteroatoms. The maximum Gasteiger partial charge on any atom is 0.122 e. The van der Waals surface area contributed by atoms with Crippen LogP contribution in [0.15, 0.2) is 0 Å². The molecule has 0 rings (SSSR count). The molecule has 10 heavy (non-hydrogen) atoms. The summed E-state index contributed by atoms with van der Waals surface area (Å²) in [5.74, 6) is 0.204. The van der Waals surface area contributed by atoms with E-state index in [4.69, 9.17) is 0 Å². The highest BCUT2D eigenvalue weighted by Crippen LogP contribution is 1.78. The predicted octanol–water partition coefficient (Wildman–Crippen LogP) is 1.83. The van der Waals surface area contributed by atoms with Crippen LogP contribution in [0.1, 0.15) is 33.6 Å². The van der Waals surface area contributed by atoms with Gasteiger partial charge in [-0.15, -0.1) is 0 Å². The Labute approximate surface area is 62.6 Å². The van der Waals surface area contributed by atoms with Gasteiger partial charge in [-0.05, 0) is 6.42 Å². The van der Waals surface area contributed by atoms with Crippen LogP contribution in [0.5, 0.6) is 0 Å². The van der Waals surface area contributed by atoms with Crippen molar-refractivity contribution in [3.8, 4) is 0 Å². The van der Waals surface area contributed by atoms with Crippen molar-refractivity contribution in [3.05, 3.63) is 0 Å². The van der Waals surface area contributed by atoms with Crippen LogP contribution >= 0.6 is 0 Å². The number of carbonyl (C=O) groups excluding carboxylic acids is 2. The summed E-state index contributed by atoms with van der Waals surface area (Å²) in [6, 6.07) is 0. The monoisotopic (exact) mass is 144 g/mol. The molecular weight excluding hydrogens is 128 g/mol. The molecule has 0 aromatic carbocycles. The SMILES string of the molecule is CC(C)C=O.CCCC=O. The van der Waals surface area contributed by atoms with Gasteiger partial charge in [0.1, 0.15) is 12.6 Å². The standard InChI is InChI=1S/2C4H8O/c1-4(2)3-5;1-2-3-4-5/h3-4H,1-2H3;4H,2-3H2,1H3. The minimum absolute atomic E-state index is 0.204. The Balaban J connectivity index is 0. The molecule has 0 saturated carbocycles. The molecule has 0 aliphatic heterocycles. The summed E-state index contributed by atoms with van der Waals surface area (Å²) >= 11 is 0. The lowest BCUT2D eigenvalue weighted by Gasteiger charge is -1.78. The Morgan fingerprint density at radius 2 is 1.70 bits per heavy atom. The van der Waals surface area contributed by atoms with Gasteiger partial charge in [0.2, 0.25) is 0 Å². The van der Waals surface area contributed by atoms with E-state index >= 15 is 0 Å². The second-order valence-electron chi connectivity index (χ2n) is 2.34. The van der Waals surface area contributed by atoms with Gasteiger partial charge >= 0.3 is 0 Å². The quantitative estimate of drug-likeness (QED) is 0.566. The van der Waals surface area contributed by atoms with E-state index in [2.05, 4.69) is 0 Å². The highest BCUT2D eigenvalue weighted by Gasteiger charge is 1.79. The van der Waals surface area contributed by atoms with E-state index in [9.17, 15) is 9.59 Å². The van der Waals surface area contributed by atoms with E-state index < -0.39 is 0 Å². The molecule has 2 nitrogen and oxygen atoms in total. The lowest BCUT2D eigenvalue weighted by molar-refractivity contribution is -0.110. The zero-order valence-electron chi connectivity index (χ0n) is 6.96. The first-order valence-electron chi connectivity index (χ1n) is 3.57. The number of unbranched alkanes of at least 4 members (excludes halogenated alkanes) is 1. The zero-order valence-corrected chi connectivity index (χ0v) is 6.96. The number of carbonyl (C=O) groups is 2. The minimum atomic E-state index is 0.204. The Hall–Kier alpha value is -0.660. The Morgan fingerprint density at radius 1 is 1.30 bits per heavy atom. The fourth-order valence-electron chi connectivity index (χ4n) is 0.118. The van der Waals surface area contributed by atoms with Gasteiger partial charge in [-0.2, -0.15) is 0 Å². The van der Waals surface area contributed by atoms with E-state index in [1.54, 1.807) is 0 Å². The van der Waals surface area contributed by atoms with Crippen LogP contribution in [0.25, 0.3) is 0 Å². The van der Waals surface area contributed by atoms with Gasteiger partial charge in [0.25, 0.3) is 0 Å². The Morgan fingerprint density at radius 3 is 1.70 bits per heavy atom. The third-order valence-electron chi connectivity index (χ3n) is 0.679. The van der Waals surface area contributed by atoms with Crippen LogP contribution in [-0.4, -0.2) is 12.6 Å². The lowest BCUT2D eigenvalue weighted by Crippen LogP contribution is -1.82. The first-order valence-corrected chi connectivity index (χ1v) is 3.57. The topological polar surface area (TPSA) is 34.1 Å². The molecule has 0 atom stereocenters. The Bertz CT molecular complexity index is 77.3. The molecule has 0 saturated heterocycles. The molecule has 0 N–H and O–H groups in total. The van der Waals surface area contributed by atoms with E-state index in [-0.39, 0.29) is 5.92 Å². The second-order valence-corrected chi connectivity index (χ2v) is 2.34. The van der Waals surface area contributed by atoms with Gasteiger partial charge in [-0.3, -0.25) is 0 Å². The van der Waals surface area contributed by atoms with Gasteiger partial charge in [0.15, 0.2) is 0 Å². The smallest absolute Gasteiger partial charge is 0.122 e. The summed E-state index contributed by atoms with van der Waals surface area (Å²) in [5, 5.41) is 0.